The van der Waals surface area contributed by atoms with Crippen LogP contribution in [-0.2, 0) is 6.42 Å². The lowest BCUT2D eigenvalue weighted by Crippen LogP contribution is -2.17. The number of phenols is 1. The molecule has 0 atom stereocenters. The number of aromatic hydroxyl groups is 1. The van der Waals surface area contributed by atoms with Crippen molar-refractivity contribution in [3.8, 4) is 16.9 Å². The first-order chi connectivity index (χ1) is 19.5. The minimum atomic E-state index is -0.398. The smallest absolute Gasteiger partial charge is 0.271 e. The molecule has 40 heavy (non-hydrogen) atoms. The fourth-order valence-corrected chi connectivity index (χ4v) is 4.63. The minimum Gasteiger partial charge on any atom is -0.507 e. The number of fused-ring (bicyclic) bond motifs is 3. The van der Waals surface area contributed by atoms with E-state index in [9.17, 15) is 9.90 Å². The number of para-hydroxylation sites is 1. The monoisotopic (exact) mass is 547 g/mol. The van der Waals surface area contributed by atoms with Crippen LogP contribution in [0.1, 0.15) is 27.0 Å². The summed E-state index contributed by atoms with van der Waals surface area (Å²) in [5.41, 5.74) is 9.88. The summed E-state index contributed by atoms with van der Waals surface area (Å²) in [5.74, 6) is 0.230. The number of benzene rings is 4. The summed E-state index contributed by atoms with van der Waals surface area (Å²) in [6.45, 7) is 0. The summed E-state index contributed by atoms with van der Waals surface area (Å²) >= 11 is 6.18. The van der Waals surface area contributed by atoms with Gasteiger partial charge in [-0.1, -0.05) is 42.5 Å². The number of anilines is 4. The standard InChI is InChI=1S/C30H22ClN7O2/c31-28-35-29(33-22-11-9-18(10-12-22)27(40)38-32-17-20-6-2-4-8-26(20)39)37-30(36-28)34-23-13-14-25-21(16-23)15-19-5-1-3-7-24(19)25/h1-14,16-17,39H,15H2,(H,38,40)(H2,33,34,35,36,37)/b32-17+. The number of hydrogen-bond acceptors (Lipinski definition) is 8. The highest BCUT2D eigenvalue weighted by Gasteiger charge is 2.18. The van der Waals surface area contributed by atoms with Gasteiger partial charge in [-0.25, -0.2) is 5.43 Å². The molecule has 1 heterocycles. The van der Waals surface area contributed by atoms with Crippen molar-refractivity contribution in [2.24, 2.45) is 5.10 Å². The predicted molar refractivity (Wildman–Crippen MR) is 156 cm³/mol. The Morgan fingerprint density at radius 2 is 1.48 bits per heavy atom. The second-order valence-corrected chi connectivity index (χ2v) is 9.38. The first-order valence-corrected chi connectivity index (χ1v) is 12.8. The van der Waals surface area contributed by atoms with Gasteiger partial charge >= 0.3 is 0 Å². The molecule has 1 aliphatic rings. The Balaban J connectivity index is 1.11. The molecule has 6 rings (SSSR count). The van der Waals surface area contributed by atoms with E-state index in [0.717, 1.165) is 12.1 Å². The van der Waals surface area contributed by atoms with Crippen LogP contribution in [0.2, 0.25) is 5.28 Å². The number of aromatic nitrogens is 3. The molecular formula is C30H22ClN7O2. The lowest BCUT2D eigenvalue weighted by molar-refractivity contribution is 0.0955. The lowest BCUT2D eigenvalue weighted by Gasteiger charge is -2.10. The SMILES string of the molecule is O=C(N/N=C/c1ccccc1O)c1ccc(Nc2nc(Cl)nc(Nc3ccc4c(c3)Cc3ccccc3-4)n2)cc1. The van der Waals surface area contributed by atoms with Crippen LogP contribution in [0.25, 0.3) is 11.1 Å². The van der Waals surface area contributed by atoms with Crippen molar-refractivity contribution in [3.05, 3.63) is 119 Å². The molecule has 1 aliphatic carbocycles. The Labute approximate surface area is 234 Å². The van der Waals surface area contributed by atoms with Crippen LogP contribution < -0.4 is 16.1 Å². The predicted octanol–water partition coefficient (Wildman–Crippen LogP) is 6.05. The molecule has 0 radical (unpaired) electrons. The molecule has 4 aromatic carbocycles. The molecule has 0 saturated carbocycles. The molecule has 4 N–H and O–H groups in total. The van der Waals surface area contributed by atoms with E-state index in [2.05, 4.69) is 72.5 Å². The zero-order chi connectivity index (χ0) is 27.5. The average molecular weight is 548 g/mol. The second kappa shape index (κ2) is 10.8. The second-order valence-electron chi connectivity index (χ2n) is 9.04. The van der Waals surface area contributed by atoms with E-state index < -0.39 is 5.91 Å². The summed E-state index contributed by atoms with van der Waals surface area (Å²) in [7, 11) is 0. The summed E-state index contributed by atoms with van der Waals surface area (Å²) in [4.78, 5) is 25.2. The third-order valence-electron chi connectivity index (χ3n) is 6.37. The van der Waals surface area contributed by atoms with Crippen LogP contribution in [0.3, 0.4) is 0 Å². The molecule has 1 amide bonds. The minimum absolute atomic E-state index is 0.0341. The maximum absolute atomic E-state index is 12.4. The van der Waals surface area contributed by atoms with Gasteiger partial charge in [0.05, 0.1) is 6.21 Å². The van der Waals surface area contributed by atoms with E-state index in [1.165, 1.54) is 28.5 Å². The van der Waals surface area contributed by atoms with E-state index in [0.29, 0.717) is 22.8 Å². The van der Waals surface area contributed by atoms with Crippen LogP contribution in [0, 0.1) is 0 Å². The molecule has 0 saturated heterocycles. The number of phenolic OH excluding ortho intramolecular Hbond substituents is 1. The Hall–Kier alpha value is -5.28. The van der Waals surface area contributed by atoms with Gasteiger partial charge in [-0.3, -0.25) is 4.79 Å². The van der Waals surface area contributed by atoms with Gasteiger partial charge in [0.2, 0.25) is 17.2 Å². The number of amides is 1. The fourth-order valence-electron chi connectivity index (χ4n) is 4.47. The van der Waals surface area contributed by atoms with Crippen molar-refractivity contribution >= 4 is 47.0 Å². The van der Waals surface area contributed by atoms with Gasteiger partial charge in [-0.2, -0.15) is 20.1 Å². The molecule has 9 nitrogen and oxygen atoms in total. The first kappa shape index (κ1) is 25.0. The number of rotatable bonds is 7. The summed E-state index contributed by atoms with van der Waals surface area (Å²) < 4.78 is 0. The zero-order valence-electron chi connectivity index (χ0n) is 21.0. The number of hydrogen-bond donors (Lipinski definition) is 4. The molecule has 10 heteroatoms. The maximum atomic E-state index is 12.4. The molecule has 0 unspecified atom stereocenters. The maximum Gasteiger partial charge on any atom is 0.271 e. The number of nitrogens with one attached hydrogen (secondary N) is 3. The molecule has 1 aromatic heterocycles. The highest BCUT2D eigenvalue weighted by molar-refractivity contribution is 6.28. The summed E-state index contributed by atoms with van der Waals surface area (Å²) in [5, 5.41) is 20.0. The Morgan fingerprint density at radius 1 is 0.800 bits per heavy atom. The van der Waals surface area contributed by atoms with Gasteiger partial charge in [0.25, 0.3) is 5.91 Å². The molecule has 0 aliphatic heterocycles. The molecule has 0 spiro atoms. The van der Waals surface area contributed by atoms with Crippen LogP contribution in [0.15, 0.2) is 96.1 Å². The van der Waals surface area contributed by atoms with E-state index in [1.807, 2.05) is 6.07 Å². The summed E-state index contributed by atoms with van der Waals surface area (Å²) in [6, 6.07) is 28.0. The van der Waals surface area contributed by atoms with Crippen LogP contribution in [0.5, 0.6) is 5.75 Å². The largest absolute Gasteiger partial charge is 0.507 e. The molecule has 0 fully saturated rings. The summed E-state index contributed by atoms with van der Waals surface area (Å²) in [6.07, 6.45) is 2.25. The van der Waals surface area contributed by atoms with Gasteiger partial charge in [-0.05, 0) is 88.8 Å². The van der Waals surface area contributed by atoms with E-state index >= 15 is 0 Å². The number of hydrazone groups is 1. The van der Waals surface area contributed by atoms with E-state index in [4.69, 9.17) is 11.6 Å². The van der Waals surface area contributed by atoms with Crippen molar-refractivity contribution in [1.29, 1.82) is 0 Å². The Morgan fingerprint density at radius 3 is 2.27 bits per heavy atom. The van der Waals surface area contributed by atoms with Crippen LogP contribution >= 0.6 is 11.6 Å². The van der Waals surface area contributed by atoms with Crippen molar-refractivity contribution in [1.82, 2.24) is 20.4 Å². The van der Waals surface area contributed by atoms with Gasteiger partial charge in [-0.15, -0.1) is 0 Å². The first-order valence-electron chi connectivity index (χ1n) is 12.4. The molecule has 0 bridgehead atoms. The van der Waals surface area contributed by atoms with Crippen molar-refractivity contribution < 1.29 is 9.90 Å². The molecule has 196 valence electrons. The normalized spacial score (nSPS) is 11.6. The highest BCUT2D eigenvalue weighted by Crippen LogP contribution is 2.38. The third kappa shape index (κ3) is 5.45. The van der Waals surface area contributed by atoms with Crippen LogP contribution in [0.4, 0.5) is 23.3 Å². The number of halogens is 1. The Kier molecular flexibility index (Phi) is 6.78. The van der Waals surface area contributed by atoms with Gasteiger partial charge in [0, 0.05) is 22.5 Å². The third-order valence-corrected chi connectivity index (χ3v) is 6.54. The highest BCUT2D eigenvalue weighted by atomic mass is 35.5. The van der Waals surface area contributed by atoms with Crippen molar-refractivity contribution in [2.45, 2.75) is 6.42 Å². The zero-order valence-corrected chi connectivity index (χ0v) is 21.7. The van der Waals surface area contributed by atoms with E-state index in [-0.39, 0.29) is 17.0 Å². The number of carbonyl (C=O) groups is 1. The van der Waals surface area contributed by atoms with E-state index in [1.54, 1.807) is 48.5 Å². The lowest BCUT2D eigenvalue weighted by atomic mass is 10.1. The number of nitrogens with zero attached hydrogens (tertiary/aromatic N) is 4. The van der Waals surface area contributed by atoms with Gasteiger partial charge in [0.1, 0.15) is 5.75 Å². The van der Waals surface area contributed by atoms with Gasteiger partial charge in [0.15, 0.2) is 0 Å². The van der Waals surface area contributed by atoms with Crippen molar-refractivity contribution in [3.63, 3.8) is 0 Å². The average Bonchev–Trinajstić information content (AvgIpc) is 3.32. The quantitative estimate of drug-likeness (QED) is 0.141. The Bertz CT molecular complexity index is 1760. The molecular weight excluding hydrogens is 526 g/mol. The van der Waals surface area contributed by atoms with Crippen molar-refractivity contribution in [2.75, 3.05) is 10.6 Å². The fraction of sp³-hybridized carbons (Fsp3) is 0.0333. The topological polar surface area (TPSA) is 124 Å². The molecule has 5 aromatic rings. The number of carbonyl (C=O) groups excluding carboxylic acids is 1. The van der Waals surface area contributed by atoms with Crippen LogP contribution in [-0.4, -0.2) is 32.2 Å². The van der Waals surface area contributed by atoms with Gasteiger partial charge < -0.3 is 15.7 Å².